The van der Waals surface area contributed by atoms with Gasteiger partial charge in [0.2, 0.25) is 0 Å². The van der Waals surface area contributed by atoms with Gasteiger partial charge >= 0.3 is 0 Å². The topological polar surface area (TPSA) is 37.3 Å². The van der Waals surface area contributed by atoms with Crippen LogP contribution in [0, 0.1) is 11.3 Å². The molecule has 0 bridgehead atoms. The third-order valence-corrected chi connectivity index (χ3v) is 2.99. The Balaban J connectivity index is 2.67. The highest BCUT2D eigenvalue weighted by atomic mass is 16.3. The van der Waals surface area contributed by atoms with E-state index in [9.17, 15) is 4.79 Å². The van der Waals surface area contributed by atoms with Crippen molar-refractivity contribution in [3.63, 3.8) is 0 Å². The third kappa shape index (κ3) is 1.86. The molecule has 0 spiro atoms. The molecule has 0 aliphatic heterocycles. The maximum absolute atomic E-state index is 11.5. The van der Waals surface area contributed by atoms with Crippen molar-refractivity contribution in [3.8, 4) is 0 Å². The summed E-state index contributed by atoms with van der Waals surface area (Å²) < 4.78 is 0. The van der Waals surface area contributed by atoms with Crippen LogP contribution >= 0.6 is 0 Å². The molecule has 0 unspecified atom stereocenters. The molecule has 12 heavy (non-hydrogen) atoms. The van der Waals surface area contributed by atoms with E-state index in [1.165, 1.54) is 0 Å². The molecule has 1 saturated carbocycles. The number of hydrogen-bond acceptors (Lipinski definition) is 2. The normalized spacial score (nSPS) is 28.9. The van der Waals surface area contributed by atoms with E-state index in [0.29, 0.717) is 18.6 Å². The van der Waals surface area contributed by atoms with Crippen LogP contribution in [0.5, 0.6) is 0 Å². The minimum absolute atomic E-state index is 0.0937. The maximum Gasteiger partial charge on any atom is 0.136 e. The largest absolute Gasteiger partial charge is 0.396 e. The van der Waals surface area contributed by atoms with Gasteiger partial charge in [-0.25, -0.2) is 0 Å². The maximum atomic E-state index is 11.5. The van der Waals surface area contributed by atoms with Gasteiger partial charge in [0, 0.05) is 18.9 Å². The number of rotatable bonds is 2. The molecule has 0 aromatic carbocycles. The Morgan fingerprint density at radius 1 is 1.58 bits per heavy atom. The van der Waals surface area contributed by atoms with Crippen LogP contribution in [0.1, 0.15) is 39.5 Å². The predicted molar refractivity (Wildman–Crippen MR) is 47.8 cm³/mol. The van der Waals surface area contributed by atoms with Crippen molar-refractivity contribution in [2.24, 2.45) is 11.3 Å². The Kier molecular flexibility index (Phi) is 2.89. The van der Waals surface area contributed by atoms with E-state index < -0.39 is 0 Å². The van der Waals surface area contributed by atoms with Gasteiger partial charge in [-0.1, -0.05) is 13.8 Å². The first kappa shape index (κ1) is 9.72. The molecular weight excluding hydrogens is 152 g/mol. The molecule has 1 rings (SSSR count). The van der Waals surface area contributed by atoms with E-state index in [1.807, 2.05) is 0 Å². The molecule has 1 fully saturated rings. The van der Waals surface area contributed by atoms with Crippen molar-refractivity contribution in [3.05, 3.63) is 0 Å². The summed E-state index contributed by atoms with van der Waals surface area (Å²) in [4.78, 5) is 11.5. The smallest absolute Gasteiger partial charge is 0.136 e. The van der Waals surface area contributed by atoms with Crippen molar-refractivity contribution < 1.29 is 9.90 Å². The summed E-state index contributed by atoms with van der Waals surface area (Å²) in [5.41, 5.74) is 0.109. The number of carbonyl (C=O) groups is 1. The third-order valence-electron chi connectivity index (χ3n) is 2.99. The van der Waals surface area contributed by atoms with Crippen molar-refractivity contribution in [1.82, 2.24) is 0 Å². The van der Waals surface area contributed by atoms with E-state index in [4.69, 9.17) is 5.11 Å². The Hall–Kier alpha value is -0.370. The number of ketones is 1. The van der Waals surface area contributed by atoms with Crippen LogP contribution in [0.4, 0.5) is 0 Å². The van der Waals surface area contributed by atoms with Crippen LogP contribution in [0.2, 0.25) is 0 Å². The zero-order chi connectivity index (χ0) is 9.19. The second-order valence-corrected chi connectivity index (χ2v) is 4.37. The van der Waals surface area contributed by atoms with Gasteiger partial charge in [0.15, 0.2) is 0 Å². The van der Waals surface area contributed by atoms with Gasteiger partial charge in [-0.2, -0.15) is 0 Å². The highest BCUT2D eigenvalue weighted by Crippen LogP contribution is 2.39. The molecule has 0 heterocycles. The molecule has 2 nitrogen and oxygen atoms in total. The summed E-state index contributed by atoms with van der Waals surface area (Å²) in [6.45, 7) is 4.40. The first-order valence-electron chi connectivity index (χ1n) is 4.71. The minimum atomic E-state index is 0.0937. The number of carbonyl (C=O) groups excluding carboxylic acids is 1. The van der Waals surface area contributed by atoms with Crippen LogP contribution in [-0.4, -0.2) is 17.5 Å². The molecule has 0 aromatic heterocycles. The monoisotopic (exact) mass is 170 g/mol. The average Bonchev–Trinajstić information content (AvgIpc) is 1.97. The van der Waals surface area contributed by atoms with Gasteiger partial charge in [-0.15, -0.1) is 0 Å². The van der Waals surface area contributed by atoms with Crippen LogP contribution in [0.15, 0.2) is 0 Å². The van der Waals surface area contributed by atoms with E-state index in [1.54, 1.807) is 0 Å². The molecule has 0 amide bonds. The Labute approximate surface area is 74.0 Å². The fraction of sp³-hybridized carbons (Fsp3) is 0.900. The van der Waals surface area contributed by atoms with Crippen LogP contribution < -0.4 is 0 Å². The lowest BCUT2D eigenvalue weighted by molar-refractivity contribution is -0.130. The van der Waals surface area contributed by atoms with Crippen LogP contribution in [-0.2, 0) is 4.79 Å². The lowest BCUT2D eigenvalue weighted by atomic mass is 9.67. The van der Waals surface area contributed by atoms with Gasteiger partial charge in [0.1, 0.15) is 5.78 Å². The average molecular weight is 170 g/mol. The van der Waals surface area contributed by atoms with E-state index in [-0.39, 0.29) is 17.9 Å². The molecule has 2 heteroatoms. The molecular formula is C10H18O2. The number of aliphatic hydroxyl groups is 1. The summed E-state index contributed by atoms with van der Waals surface area (Å²) in [7, 11) is 0. The molecule has 0 saturated heterocycles. The summed E-state index contributed by atoms with van der Waals surface area (Å²) >= 11 is 0. The number of hydrogen-bond donors (Lipinski definition) is 1. The molecule has 70 valence electrons. The van der Waals surface area contributed by atoms with E-state index in [2.05, 4.69) is 13.8 Å². The summed E-state index contributed by atoms with van der Waals surface area (Å²) in [5, 5.41) is 8.82. The zero-order valence-electron chi connectivity index (χ0n) is 7.97. The minimum Gasteiger partial charge on any atom is -0.396 e. The lowest BCUT2D eigenvalue weighted by Crippen LogP contribution is -2.35. The number of Topliss-reactive ketones (excluding diaryl/α,β-unsaturated/α-hetero) is 1. The highest BCUT2D eigenvalue weighted by Gasteiger charge is 2.37. The quantitative estimate of drug-likeness (QED) is 0.685. The lowest BCUT2D eigenvalue weighted by Gasteiger charge is -2.37. The van der Waals surface area contributed by atoms with Crippen molar-refractivity contribution in [2.45, 2.75) is 39.5 Å². The van der Waals surface area contributed by atoms with Crippen LogP contribution in [0.25, 0.3) is 0 Å². The van der Waals surface area contributed by atoms with Crippen molar-refractivity contribution >= 4 is 5.78 Å². The zero-order valence-corrected chi connectivity index (χ0v) is 7.97. The summed E-state index contributed by atoms with van der Waals surface area (Å²) in [5.74, 6) is 0.441. The first-order chi connectivity index (χ1) is 5.58. The van der Waals surface area contributed by atoms with Gasteiger partial charge in [0.05, 0.1) is 0 Å². The van der Waals surface area contributed by atoms with Gasteiger partial charge in [0.25, 0.3) is 0 Å². The molecule has 1 aliphatic carbocycles. The molecule has 1 atom stereocenters. The Bertz CT molecular complexity index is 173. The SMILES string of the molecule is CC1(C)CCCC(=O)[C@H]1CCO. The fourth-order valence-corrected chi connectivity index (χ4v) is 2.18. The van der Waals surface area contributed by atoms with Gasteiger partial charge in [-0.05, 0) is 24.7 Å². The van der Waals surface area contributed by atoms with Crippen molar-refractivity contribution in [1.29, 1.82) is 0 Å². The van der Waals surface area contributed by atoms with Gasteiger partial charge < -0.3 is 5.11 Å². The second kappa shape index (κ2) is 3.56. The summed E-state index contributed by atoms with van der Waals surface area (Å²) in [6.07, 6.45) is 3.50. The van der Waals surface area contributed by atoms with Crippen LogP contribution in [0.3, 0.4) is 0 Å². The standard InChI is InChI=1S/C10H18O2/c1-10(2)6-3-4-9(12)8(10)5-7-11/h8,11H,3-7H2,1-2H3/t8-/m1/s1. The molecule has 0 radical (unpaired) electrons. The van der Waals surface area contributed by atoms with E-state index in [0.717, 1.165) is 12.8 Å². The Morgan fingerprint density at radius 3 is 2.75 bits per heavy atom. The van der Waals surface area contributed by atoms with Crippen molar-refractivity contribution in [2.75, 3.05) is 6.61 Å². The highest BCUT2D eigenvalue weighted by molar-refractivity contribution is 5.82. The first-order valence-corrected chi connectivity index (χ1v) is 4.71. The number of aliphatic hydroxyl groups excluding tert-OH is 1. The molecule has 0 aromatic rings. The Morgan fingerprint density at radius 2 is 2.25 bits per heavy atom. The predicted octanol–water partition coefficient (Wildman–Crippen LogP) is 1.76. The van der Waals surface area contributed by atoms with Gasteiger partial charge in [-0.3, -0.25) is 4.79 Å². The molecule has 1 N–H and O–H groups in total. The summed E-state index contributed by atoms with van der Waals surface area (Å²) in [6, 6.07) is 0. The molecule has 1 aliphatic rings. The van der Waals surface area contributed by atoms with E-state index >= 15 is 0 Å². The second-order valence-electron chi connectivity index (χ2n) is 4.37. The fourth-order valence-electron chi connectivity index (χ4n) is 2.18.